The molecule has 27 heavy (non-hydrogen) atoms. The van der Waals surface area contributed by atoms with Crippen molar-refractivity contribution < 1.29 is 14.3 Å². The zero-order valence-corrected chi connectivity index (χ0v) is 17.0. The summed E-state index contributed by atoms with van der Waals surface area (Å²) >= 11 is 0. The second-order valence-electron chi connectivity index (χ2n) is 7.06. The molecule has 0 bridgehead atoms. The highest BCUT2D eigenvalue weighted by molar-refractivity contribution is 5.89. The highest BCUT2D eigenvalue weighted by atomic mass is 16.6. The summed E-state index contributed by atoms with van der Waals surface area (Å²) in [6, 6.07) is 8.19. The van der Waals surface area contributed by atoms with Crippen LogP contribution in [0, 0.1) is 0 Å². The first kappa shape index (κ1) is 21.1. The van der Waals surface area contributed by atoms with E-state index in [2.05, 4.69) is 26.1 Å². The van der Waals surface area contributed by atoms with E-state index in [0.29, 0.717) is 19.7 Å². The first-order valence-electron chi connectivity index (χ1n) is 10.1. The number of aryl methyl sites for hydroxylation is 1. The van der Waals surface area contributed by atoms with E-state index >= 15 is 0 Å². The minimum atomic E-state index is -0.258. The fourth-order valence-electron chi connectivity index (χ4n) is 3.48. The van der Waals surface area contributed by atoms with E-state index in [9.17, 15) is 9.59 Å². The molecule has 0 aliphatic carbocycles. The van der Waals surface area contributed by atoms with Gasteiger partial charge in [-0.3, -0.25) is 0 Å². The number of piperidine rings is 1. The molecule has 0 aromatic heterocycles. The molecule has 150 valence electrons. The van der Waals surface area contributed by atoms with E-state index in [1.54, 1.807) is 4.90 Å². The Balaban J connectivity index is 2.02. The Morgan fingerprint density at radius 3 is 2.33 bits per heavy atom. The second-order valence-corrected chi connectivity index (χ2v) is 7.06. The van der Waals surface area contributed by atoms with Gasteiger partial charge in [0.05, 0.1) is 6.61 Å². The van der Waals surface area contributed by atoms with Crippen LogP contribution in [0.3, 0.4) is 0 Å². The maximum absolute atomic E-state index is 13.0. The molecule has 6 heteroatoms. The SMILES string of the molecule is CCOC(=O)N1CCC(N(C(=O)Nc2ccc(CC)cc2)[C@H](C)CC)CC1. The largest absolute Gasteiger partial charge is 0.450 e. The first-order valence-corrected chi connectivity index (χ1v) is 10.1. The number of likely N-dealkylation sites (tertiary alicyclic amines) is 1. The molecular formula is C21H33N3O3. The van der Waals surface area contributed by atoms with Crippen LogP contribution in [0.15, 0.2) is 24.3 Å². The fourth-order valence-corrected chi connectivity index (χ4v) is 3.48. The third-order valence-corrected chi connectivity index (χ3v) is 5.30. The zero-order chi connectivity index (χ0) is 19.8. The lowest BCUT2D eigenvalue weighted by atomic mass is 10.0. The number of carbonyl (C=O) groups is 2. The van der Waals surface area contributed by atoms with Crippen molar-refractivity contribution in [2.45, 2.75) is 65.5 Å². The molecule has 1 heterocycles. The number of urea groups is 1. The number of amides is 3. The van der Waals surface area contributed by atoms with Crippen LogP contribution in [0.4, 0.5) is 15.3 Å². The van der Waals surface area contributed by atoms with Crippen molar-refractivity contribution in [3.05, 3.63) is 29.8 Å². The van der Waals surface area contributed by atoms with Gasteiger partial charge in [0.25, 0.3) is 0 Å². The molecule has 6 nitrogen and oxygen atoms in total. The highest BCUT2D eigenvalue weighted by Crippen LogP contribution is 2.22. The van der Waals surface area contributed by atoms with Crippen LogP contribution in [0.5, 0.6) is 0 Å². The normalized spacial score (nSPS) is 15.9. The molecule has 0 saturated carbocycles. The molecule has 3 amide bonds. The summed E-state index contributed by atoms with van der Waals surface area (Å²) in [7, 11) is 0. The number of carbonyl (C=O) groups excluding carboxylic acids is 2. The van der Waals surface area contributed by atoms with E-state index in [0.717, 1.165) is 31.4 Å². The summed E-state index contributed by atoms with van der Waals surface area (Å²) in [5, 5.41) is 3.04. The number of benzene rings is 1. The van der Waals surface area contributed by atoms with Crippen molar-refractivity contribution in [3.63, 3.8) is 0 Å². The number of anilines is 1. The van der Waals surface area contributed by atoms with Crippen LogP contribution < -0.4 is 5.32 Å². The molecule has 1 N–H and O–H groups in total. The van der Waals surface area contributed by atoms with Gasteiger partial charge in [-0.1, -0.05) is 26.0 Å². The molecule has 0 spiro atoms. The second kappa shape index (κ2) is 10.2. The molecule has 1 saturated heterocycles. The predicted octanol–water partition coefficient (Wildman–Crippen LogP) is 4.50. The van der Waals surface area contributed by atoms with E-state index < -0.39 is 0 Å². The van der Waals surface area contributed by atoms with E-state index in [1.165, 1.54) is 5.56 Å². The summed E-state index contributed by atoms with van der Waals surface area (Å²) in [4.78, 5) is 28.6. The molecule has 1 aliphatic rings. The van der Waals surface area contributed by atoms with Crippen LogP contribution in [-0.2, 0) is 11.2 Å². The predicted molar refractivity (Wildman–Crippen MR) is 108 cm³/mol. The Bertz CT molecular complexity index is 610. The minimum absolute atomic E-state index is 0.0665. The zero-order valence-electron chi connectivity index (χ0n) is 17.0. The van der Waals surface area contributed by atoms with Crippen molar-refractivity contribution in [1.29, 1.82) is 0 Å². The van der Waals surface area contributed by atoms with Crippen LogP contribution in [0.2, 0.25) is 0 Å². The van der Waals surface area contributed by atoms with Crippen molar-refractivity contribution >= 4 is 17.8 Å². The molecule has 1 aliphatic heterocycles. The third-order valence-electron chi connectivity index (χ3n) is 5.30. The number of rotatable bonds is 6. The van der Waals surface area contributed by atoms with Gasteiger partial charge in [0.1, 0.15) is 0 Å². The fraction of sp³-hybridized carbons (Fsp3) is 0.619. The van der Waals surface area contributed by atoms with Gasteiger partial charge in [0, 0.05) is 30.9 Å². The van der Waals surface area contributed by atoms with Crippen LogP contribution in [-0.4, -0.2) is 53.7 Å². The maximum atomic E-state index is 13.0. The monoisotopic (exact) mass is 375 g/mol. The van der Waals surface area contributed by atoms with Crippen molar-refractivity contribution in [2.24, 2.45) is 0 Å². The Morgan fingerprint density at radius 1 is 1.19 bits per heavy atom. The van der Waals surface area contributed by atoms with Gasteiger partial charge in [-0.2, -0.15) is 0 Å². The van der Waals surface area contributed by atoms with Gasteiger partial charge in [0.15, 0.2) is 0 Å². The number of nitrogens with zero attached hydrogens (tertiary/aromatic N) is 2. The average molecular weight is 376 g/mol. The van der Waals surface area contributed by atoms with Gasteiger partial charge >= 0.3 is 12.1 Å². The van der Waals surface area contributed by atoms with Crippen molar-refractivity contribution in [1.82, 2.24) is 9.80 Å². The molecule has 0 radical (unpaired) electrons. The molecule has 1 atom stereocenters. The average Bonchev–Trinajstić information content (AvgIpc) is 2.69. The number of nitrogens with one attached hydrogen (secondary N) is 1. The molecule has 2 rings (SSSR count). The quantitative estimate of drug-likeness (QED) is 0.796. The molecular weight excluding hydrogens is 342 g/mol. The number of ether oxygens (including phenoxy) is 1. The summed E-state index contributed by atoms with van der Waals surface area (Å²) in [5.41, 5.74) is 2.06. The lowest BCUT2D eigenvalue weighted by molar-refractivity contribution is 0.0757. The topological polar surface area (TPSA) is 61.9 Å². The number of hydrogen-bond acceptors (Lipinski definition) is 3. The van der Waals surface area contributed by atoms with Gasteiger partial charge < -0.3 is 19.9 Å². The lowest BCUT2D eigenvalue weighted by Gasteiger charge is -2.41. The maximum Gasteiger partial charge on any atom is 0.409 e. The lowest BCUT2D eigenvalue weighted by Crippen LogP contribution is -2.53. The highest BCUT2D eigenvalue weighted by Gasteiger charge is 2.32. The standard InChI is InChI=1S/C21H33N3O3/c1-5-16(4)24(19-12-14-23(15-13-19)21(26)27-7-3)20(25)22-18-10-8-17(6-2)9-11-18/h8-11,16,19H,5-7,12-15H2,1-4H3,(H,22,25)/t16-/m1/s1. The van der Waals surface area contributed by atoms with E-state index in [4.69, 9.17) is 4.74 Å². The van der Waals surface area contributed by atoms with Crippen LogP contribution in [0.1, 0.15) is 52.5 Å². The van der Waals surface area contributed by atoms with Gasteiger partial charge in [-0.05, 0) is 57.2 Å². The Kier molecular flexibility index (Phi) is 7.95. The Labute approximate surface area is 162 Å². The van der Waals surface area contributed by atoms with E-state index in [-0.39, 0.29) is 24.2 Å². The molecule has 0 unspecified atom stereocenters. The molecule has 1 fully saturated rings. The Morgan fingerprint density at radius 2 is 1.81 bits per heavy atom. The Hall–Kier alpha value is -2.24. The summed E-state index contributed by atoms with van der Waals surface area (Å²) in [6.07, 6.45) is 3.15. The first-order chi connectivity index (χ1) is 13.0. The van der Waals surface area contributed by atoms with Gasteiger partial charge in [0.2, 0.25) is 0 Å². The molecule has 1 aromatic carbocycles. The van der Waals surface area contributed by atoms with Crippen molar-refractivity contribution in [3.8, 4) is 0 Å². The third kappa shape index (κ3) is 5.62. The van der Waals surface area contributed by atoms with Crippen LogP contribution in [0.25, 0.3) is 0 Å². The van der Waals surface area contributed by atoms with Crippen molar-refractivity contribution in [2.75, 3.05) is 25.0 Å². The molecule has 1 aromatic rings. The van der Waals surface area contributed by atoms with Gasteiger partial charge in [-0.15, -0.1) is 0 Å². The summed E-state index contributed by atoms with van der Waals surface area (Å²) in [5.74, 6) is 0. The smallest absolute Gasteiger partial charge is 0.409 e. The summed E-state index contributed by atoms with van der Waals surface area (Å²) < 4.78 is 5.09. The van der Waals surface area contributed by atoms with Gasteiger partial charge in [-0.25, -0.2) is 9.59 Å². The minimum Gasteiger partial charge on any atom is -0.450 e. The van der Waals surface area contributed by atoms with E-state index in [1.807, 2.05) is 36.1 Å². The number of hydrogen-bond donors (Lipinski definition) is 1. The summed E-state index contributed by atoms with van der Waals surface area (Å²) in [6.45, 7) is 9.72. The van der Waals surface area contributed by atoms with Crippen LogP contribution >= 0.6 is 0 Å².